The van der Waals surface area contributed by atoms with Crippen molar-refractivity contribution in [3.63, 3.8) is 0 Å². The Bertz CT molecular complexity index is 608. The minimum absolute atomic E-state index is 0.188. The molecule has 0 spiro atoms. The number of nitrogens with one attached hydrogen (secondary N) is 1. The van der Waals surface area contributed by atoms with E-state index in [1.807, 2.05) is 24.3 Å². The molecular formula is C16H14Br2FN. The lowest BCUT2D eigenvalue weighted by molar-refractivity contribution is 0.622. The van der Waals surface area contributed by atoms with Gasteiger partial charge in [-0.15, -0.1) is 0 Å². The molecule has 1 aliphatic carbocycles. The van der Waals surface area contributed by atoms with E-state index >= 15 is 0 Å². The van der Waals surface area contributed by atoms with E-state index in [-0.39, 0.29) is 11.9 Å². The molecule has 0 heterocycles. The van der Waals surface area contributed by atoms with Gasteiger partial charge in [0.05, 0.1) is 11.7 Å². The van der Waals surface area contributed by atoms with Crippen LogP contribution >= 0.6 is 31.9 Å². The second kappa shape index (κ2) is 5.86. The Balaban J connectivity index is 1.88. The Hall–Kier alpha value is -0.870. The molecule has 1 unspecified atom stereocenters. The van der Waals surface area contributed by atoms with Gasteiger partial charge in [-0.25, -0.2) is 4.39 Å². The van der Waals surface area contributed by atoms with Crippen LogP contribution in [0.15, 0.2) is 51.4 Å². The first kappa shape index (κ1) is 14.1. The van der Waals surface area contributed by atoms with Gasteiger partial charge in [0, 0.05) is 8.95 Å². The molecule has 1 nitrogen and oxygen atoms in total. The standard InChI is InChI=1S/C16H14Br2FN/c17-12-5-8-14(18)15(9-12)20-16(10-1-2-10)11-3-6-13(19)7-4-11/h3-10,16,20H,1-2H2. The number of hydrogen-bond acceptors (Lipinski definition) is 1. The highest BCUT2D eigenvalue weighted by Gasteiger charge is 2.32. The third-order valence-electron chi connectivity index (χ3n) is 3.56. The van der Waals surface area contributed by atoms with Crippen molar-refractivity contribution in [1.29, 1.82) is 0 Å². The summed E-state index contributed by atoms with van der Waals surface area (Å²) >= 11 is 7.06. The predicted molar refractivity (Wildman–Crippen MR) is 87.3 cm³/mol. The first-order chi connectivity index (χ1) is 9.63. The molecule has 0 bridgehead atoms. The highest BCUT2D eigenvalue weighted by Crippen LogP contribution is 2.44. The highest BCUT2D eigenvalue weighted by atomic mass is 79.9. The quantitative estimate of drug-likeness (QED) is 0.674. The van der Waals surface area contributed by atoms with Crippen molar-refractivity contribution >= 4 is 37.5 Å². The van der Waals surface area contributed by atoms with Crippen molar-refractivity contribution in [2.24, 2.45) is 5.92 Å². The minimum Gasteiger partial charge on any atom is -0.377 e. The van der Waals surface area contributed by atoms with E-state index in [1.54, 1.807) is 0 Å². The minimum atomic E-state index is -0.188. The summed E-state index contributed by atoms with van der Waals surface area (Å²) in [7, 11) is 0. The van der Waals surface area contributed by atoms with Gasteiger partial charge >= 0.3 is 0 Å². The van der Waals surface area contributed by atoms with E-state index < -0.39 is 0 Å². The molecule has 20 heavy (non-hydrogen) atoms. The van der Waals surface area contributed by atoms with Crippen LogP contribution in [0, 0.1) is 11.7 Å². The number of halogens is 3. The summed E-state index contributed by atoms with van der Waals surface area (Å²) in [6, 6.07) is 13.1. The van der Waals surface area contributed by atoms with Gasteiger partial charge in [-0.2, -0.15) is 0 Å². The molecule has 0 aromatic heterocycles. The smallest absolute Gasteiger partial charge is 0.123 e. The number of benzene rings is 2. The Morgan fingerprint density at radius 2 is 1.75 bits per heavy atom. The van der Waals surface area contributed by atoms with Crippen molar-refractivity contribution in [1.82, 2.24) is 0 Å². The van der Waals surface area contributed by atoms with Crippen LogP contribution in [0.1, 0.15) is 24.4 Å². The molecule has 2 aromatic rings. The van der Waals surface area contributed by atoms with Gasteiger partial charge in [0.15, 0.2) is 0 Å². The Morgan fingerprint density at radius 1 is 1.05 bits per heavy atom. The maximum Gasteiger partial charge on any atom is 0.123 e. The van der Waals surface area contributed by atoms with Crippen molar-refractivity contribution < 1.29 is 4.39 Å². The summed E-state index contributed by atoms with van der Waals surface area (Å²) in [5, 5.41) is 3.59. The molecule has 1 atom stereocenters. The van der Waals surface area contributed by atoms with Gasteiger partial charge in [-0.05, 0) is 70.6 Å². The Labute approximate surface area is 134 Å². The zero-order chi connectivity index (χ0) is 14.1. The van der Waals surface area contributed by atoms with Gasteiger partial charge in [0.2, 0.25) is 0 Å². The monoisotopic (exact) mass is 397 g/mol. The summed E-state index contributed by atoms with van der Waals surface area (Å²) in [6.07, 6.45) is 2.45. The summed E-state index contributed by atoms with van der Waals surface area (Å²) in [5.74, 6) is 0.443. The predicted octanol–water partition coefficient (Wildman–Crippen LogP) is 5.91. The molecule has 0 saturated heterocycles. The molecule has 4 heteroatoms. The van der Waals surface area contributed by atoms with Gasteiger partial charge < -0.3 is 5.32 Å². The molecule has 0 radical (unpaired) electrons. The van der Waals surface area contributed by atoms with Crippen molar-refractivity contribution in [3.05, 3.63) is 62.8 Å². The molecule has 1 N–H and O–H groups in total. The average molecular weight is 399 g/mol. The normalized spacial score (nSPS) is 15.9. The van der Waals surface area contributed by atoms with Crippen LogP contribution in [-0.4, -0.2) is 0 Å². The van der Waals surface area contributed by atoms with Gasteiger partial charge in [-0.3, -0.25) is 0 Å². The van der Waals surface area contributed by atoms with Crippen LogP contribution in [0.4, 0.5) is 10.1 Å². The molecule has 1 aliphatic rings. The fourth-order valence-corrected chi connectivity index (χ4v) is 3.07. The second-order valence-corrected chi connectivity index (χ2v) is 6.91. The summed E-state index contributed by atoms with van der Waals surface area (Å²) in [6.45, 7) is 0. The van der Waals surface area contributed by atoms with E-state index in [4.69, 9.17) is 0 Å². The van der Waals surface area contributed by atoms with E-state index in [2.05, 4.69) is 43.2 Å². The lowest BCUT2D eigenvalue weighted by Gasteiger charge is -2.21. The summed E-state index contributed by atoms with van der Waals surface area (Å²) in [4.78, 5) is 0. The molecular weight excluding hydrogens is 385 g/mol. The second-order valence-electron chi connectivity index (χ2n) is 5.14. The summed E-state index contributed by atoms with van der Waals surface area (Å²) in [5.41, 5.74) is 2.20. The van der Waals surface area contributed by atoms with E-state index in [1.165, 1.54) is 25.0 Å². The van der Waals surface area contributed by atoms with E-state index in [0.29, 0.717) is 5.92 Å². The van der Waals surface area contributed by atoms with Crippen molar-refractivity contribution in [2.45, 2.75) is 18.9 Å². The average Bonchev–Trinajstić information content (AvgIpc) is 3.25. The first-order valence-electron chi connectivity index (χ1n) is 6.60. The third-order valence-corrected chi connectivity index (χ3v) is 4.75. The topological polar surface area (TPSA) is 12.0 Å². The lowest BCUT2D eigenvalue weighted by atomic mass is 10.0. The maximum atomic E-state index is 13.1. The van der Waals surface area contributed by atoms with Crippen LogP contribution in [0.2, 0.25) is 0 Å². The lowest BCUT2D eigenvalue weighted by Crippen LogP contribution is -2.13. The maximum absolute atomic E-state index is 13.1. The van der Waals surface area contributed by atoms with Crippen LogP contribution < -0.4 is 5.32 Å². The molecule has 0 aliphatic heterocycles. The molecule has 2 aromatic carbocycles. The van der Waals surface area contributed by atoms with Crippen molar-refractivity contribution in [2.75, 3.05) is 5.32 Å². The Morgan fingerprint density at radius 3 is 2.40 bits per heavy atom. The fraction of sp³-hybridized carbons (Fsp3) is 0.250. The van der Waals surface area contributed by atoms with Gasteiger partial charge in [0.1, 0.15) is 5.82 Å². The number of rotatable bonds is 4. The molecule has 104 valence electrons. The molecule has 0 amide bonds. The van der Waals surface area contributed by atoms with Crippen LogP contribution in [0.3, 0.4) is 0 Å². The summed E-state index contributed by atoms with van der Waals surface area (Å²) < 4.78 is 15.2. The van der Waals surface area contributed by atoms with Crippen molar-refractivity contribution in [3.8, 4) is 0 Å². The van der Waals surface area contributed by atoms with Gasteiger partial charge in [0.25, 0.3) is 0 Å². The van der Waals surface area contributed by atoms with Gasteiger partial charge in [-0.1, -0.05) is 28.1 Å². The first-order valence-corrected chi connectivity index (χ1v) is 8.19. The zero-order valence-electron chi connectivity index (χ0n) is 10.7. The largest absolute Gasteiger partial charge is 0.377 e. The highest BCUT2D eigenvalue weighted by molar-refractivity contribution is 9.11. The van der Waals surface area contributed by atoms with Crippen LogP contribution in [0.25, 0.3) is 0 Å². The fourth-order valence-electron chi connectivity index (χ4n) is 2.35. The van der Waals surface area contributed by atoms with Crippen LogP contribution in [-0.2, 0) is 0 Å². The Kier molecular flexibility index (Phi) is 4.13. The third kappa shape index (κ3) is 3.23. The van der Waals surface area contributed by atoms with E-state index in [0.717, 1.165) is 20.2 Å². The molecule has 3 rings (SSSR count). The SMILES string of the molecule is Fc1ccc(C(Nc2cc(Br)ccc2Br)C2CC2)cc1. The zero-order valence-corrected chi connectivity index (χ0v) is 13.9. The van der Waals surface area contributed by atoms with Crippen LogP contribution in [0.5, 0.6) is 0 Å². The molecule has 1 saturated carbocycles. The molecule has 1 fully saturated rings. The number of anilines is 1. The van der Waals surface area contributed by atoms with E-state index in [9.17, 15) is 4.39 Å². The number of hydrogen-bond donors (Lipinski definition) is 1.